The number of nitrogens with zero attached hydrogens (tertiary/aromatic N) is 2. The predicted octanol–water partition coefficient (Wildman–Crippen LogP) is 4.22. The Morgan fingerprint density at radius 3 is 2.34 bits per heavy atom. The van der Waals surface area contributed by atoms with Gasteiger partial charge in [0.25, 0.3) is 11.8 Å². The molecule has 6 nitrogen and oxygen atoms in total. The van der Waals surface area contributed by atoms with Gasteiger partial charge >= 0.3 is 5.97 Å². The van der Waals surface area contributed by atoms with Gasteiger partial charge in [-0.25, -0.2) is 9.78 Å². The molecule has 0 aliphatic carbocycles. The fourth-order valence-corrected chi connectivity index (χ4v) is 3.99. The van der Waals surface area contributed by atoms with Crippen molar-refractivity contribution in [3.63, 3.8) is 0 Å². The predicted molar refractivity (Wildman–Crippen MR) is 107 cm³/mol. The van der Waals surface area contributed by atoms with Crippen LogP contribution in [0.3, 0.4) is 0 Å². The van der Waals surface area contributed by atoms with Crippen molar-refractivity contribution in [2.24, 2.45) is 0 Å². The van der Waals surface area contributed by atoms with Gasteiger partial charge in [0.15, 0.2) is 0 Å². The van der Waals surface area contributed by atoms with E-state index in [0.29, 0.717) is 10.1 Å². The molecule has 0 saturated carbocycles. The van der Waals surface area contributed by atoms with Gasteiger partial charge in [-0.05, 0) is 55.3 Å². The summed E-state index contributed by atoms with van der Waals surface area (Å²) in [4.78, 5) is 48.1. The van der Waals surface area contributed by atoms with Gasteiger partial charge in [0.2, 0.25) is 0 Å². The molecule has 0 saturated heterocycles. The van der Waals surface area contributed by atoms with E-state index < -0.39 is 17.8 Å². The first-order valence-electron chi connectivity index (χ1n) is 8.86. The molecule has 0 radical (unpaired) electrons. The molecule has 0 spiro atoms. The summed E-state index contributed by atoms with van der Waals surface area (Å²) in [5.74, 6) is -2.14. The first-order valence-corrected chi connectivity index (χ1v) is 9.67. The molecule has 1 aliphatic heterocycles. The lowest BCUT2D eigenvalue weighted by atomic mass is 10.1. The third kappa shape index (κ3) is 3.52. The maximum Gasteiger partial charge on any atom is 0.366 e. The smallest absolute Gasteiger partial charge is 0.324 e. The molecule has 2 aromatic carbocycles. The highest BCUT2D eigenvalue weighted by molar-refractivity contribution is 7.99. The lowest BCUT2D eigenvalue weighted by Crippen LogP contribution is -2.32. The number of rotatable bonds is 4. The molecule has 0 atom stereocenters. The molecule has 0 fully saturated rings. The Bertz CT molecular complexity index is 1120. The summed E-state index contributed by atoms with van der Waals surface area (Å²) in [6.45, 7) is 3.96. The Balaban J connectivity index is 1.60. The maximum atomic E-state index is 12.8. The average molecular weight is 404 g/mol. The van der Waals surface area contributed by atoms with Crippen LogP contribution in [0.15, 0.2) is 70.7 Å². The van der Waals surface area contributed by atoms with E-state index in [2.05, 4.69) is 4.98 Å². The van der Waals surface area contributed by atoms with Crippen LogP contribution in [0.4, 0.5) is 0 Å². The van der Waals surface area contributed by atoms with Gasteiger partial charge in [-0.3, -0.25) is 9.59 Å². The molecule has 0 bridgehead atoms. The average Bonchev–Trinajstić information content (AvgIpc) is 2.96. The van der Waals surface area contributed by atoms with Crippen LogP contribution in [0, 0.1) is 13.8 Å². The van der Waals surface area contributed by atoms with Crippen molar-refractivity contribution in [3.8, 4) is 0 Å². The minimum Gasteiger partial charge on any atom is -0.324 e. The lowest BCUT2D eigenvalue weighted by molar-refractivity contribution is -0.0587. The standard InChI is InChI=1S/C22H16N2O4S/c1-13-9-10-14(2)18(12-13)29-19-17(8-5-11-23-19)22(27)28-24-20(25)15-6-3-4-7-16(15)21(24)26/h3-12H,1-2H3. The van der Waals surface area contributed by atoms with Gasteiger partial charge in [0, 0.05) is 11.1 Å². The number of benzene rings is 2. The third-order valence-electron chi connectivity index (χ3n) is 4.47. The molecule has 3 aromatic rings. The van der Waals surface area contributed by atoms with Gasteiger partial charge in [0.1, 0.15) is 5.03 Å². The van der Waals surface area contributed by atoms with Crippen molar-refractivity contribution >= 4 is 29.5 Å². The number of carbonyl (C=O) groups excluding carboxylic acids is 3. The fourth-order valence-electron chi connectivity index (χ4n) is 2.93. The molecule has 0 N–H and O–H groups in total. The summed E-state index contributed by atoms with van der Waals surface area (Å²) in [7, 11) is 0. The molecule has 29 heavy (non-hydrogen) atoms. The summed E-state index contributed by atoms with van der Waals surface area (Å²) in [5.41, 5.74) is 2.73. The van der Waals surface area contributed by atoms with Crippen molar-refractivity contribution in [2.45, 2.75) is 23.8 Å². The van der Waals surface area contributed by atoms with E-state index in [9.17, 15) is 14.4 Å². The van der Waals surface area contributed by atoms with Gasteiger partial charge in [-0.15, -0.1) is 0 Å². The van der Waals surface area contributed by atoms with Crippen molar-refractivity contribution in [1.82, 2.24) is 10.0 Å². The minimum absolute atomic E-state index is 0.176. The fraction of sp³-hybridized carbons (Fsp3) is 0.0909. The second-order valence-corrected chi connectivity index (χ2v) is 7.59. The SMILES string of the molecule is Cc1ccc(C)c(Sc2ncccc2C(=O)ON2C(=O)c3ccccc3C2=O)c1. The number of amides is 2. The van der Waals surface area contributed by atoms with Crippen LogP contribution in [0.25, 0.3) is 0 Å². The number of fused-ring (bicyclic) bond motifs is 1. The molecule has 1 aromatic heterocycles. The van der Waals surface area contributed by atoms with Crippen molar-refractivity contribution < 1.29 is 19.2 Å². The zero-order valence-corrected chi connectivity index (χ0v) is 16.5. The topological polar surface area (TPSA) is 76.6 Å². The number of aromatic nitrogens is 1. The number of hydrogen-bond acceptors (Lipinski definition) is 6. The van der Waals surface area contributed by atoms with Crippen molar-refractivity contribution in [1.29, 1.82) is 0 Å². The molecular weight excluding hydrogens is 388 g/mol. The van der Waals surface area contributed by atoms with Gasteiger partial charge < -0.3 is 4.84 Å². The first-order chi connectivity index (χ1) is 14.0. The molecule has 2 heterocycles. The van der Waals surface area contributed by atoms with E-state index in [0.717, 1.165) is 16.0 Å². The molecule has 4 rings (SSSR count). The molecule has 2 amide bonds. The van der Waals surface area contributed by atoms with Crippen LogP contribution in [0.5, 0.6) is 0 Å². The molecule has 0 unspecified atom stereocenters. The normalized spacial score (nSPS) is 12.8. The quantitative estimate of drug-likeness (QED) is 0.606. The van der Waals surface area contributed by atoms with Gasteiger partial charge in [-0.1, -0.05) is 41.1 Å². The van der Waals surface area contributed by atoms with E-state index in [1.807, 2.05) is 32.0 Å². The minimum atomic E-state index is -0.819. The van der Waals surface area contributed by atoms with Crippen molar-refractivity contribution in [2.75, 3.05) is 0 Å². The lowest BCUT2D eigenvalue weighted by Gasteiger charge is -2.14. The summed E-state index contributed by atoms with van der Waals surface area (Å²) in [6.07, 6.45) is 1.58. The Morgan fingerprint density at radius 2 is 1.66 bits per heavy atom. The maximum absolute atomic E-state index is 12.8. The number of aryl methyl sites for hydroxylation is 2. The van der Waals surface area contributed by atoms with Gasteiger partial charge in [0.05, 0.1) is 16.7 Å². The second kappa shape index (κ2) is 7.52. The molecule has 7 heteroatoms. The zero-order chi connectivity index (χ0) is 20.5. The highest BCUT2D eigenvalue weighted by atomic mass is 32.2. The van der Waals surface area contributed by atoms with Crippen LogP contribution in [-0.2, 0) is 4.84 Å². The van der Waals surface area contributed by atoms with Crippen LogP contribution in [0.2, 0.25) is 0 Å². The van der Waals surface area contributed by atoms with E-state index in [-0.39, 0.29) is 16.7 Å². The highest BCUT2D eigenvalue weighted by Gasteiger charge is 2.39. The number of imide groups is 1. The Morgan fingerprint density at radius 1 is 0.966 bits per heavy atom. The first kappa shape index (κ1) is 18.9. The summed E-state index contributed by atoms with van der Waals surface area (Å²) in [6, 6.07) is 15.5. The number of pyridine rings is 1. The highest BCUT2D eigenvalue weighted by Crippen LogP contribution is 2.32. The molecular formula is C22H16N2O4S. The zero-order valence-electron chi connectivity index (χ0n) is 15.7. The Kier molecular flexibility index (Phi) is 4.90. The van der Waals surface area contributed by atoms with E-state index in [4.69, 9.17) is 4.84 Å². The summed E-state index contributed by atoms with van der Waals surface area (Å²) >= 11 is 1.33. The largest absolute Gasteiger partial charge is 0.366 e. The van der Waals surface area contributed by atoms with E-state index in [1.165, 1.54) is 23.9 Å². The third-order valence-corrected chi connectivity index (χ3v) is 5.65. The van der Waals surface area contributed by atoms with E-state index in [1.54, 1.807) is 30.5 Å². The number of hydroxylamine groups is 2. The second-order valence-electron chi connectivity index (χ2n) is 6.56. The monoisotopic (exact) mass is 404 g/mol. The number of hydrogen-bond donors (Lipinski definition) is 0. The van der Waals surface area contributed by atoms with Crippen LogP contribution < -0.4 is 0 Å². The Labute approximate surface area is 171 Å². The van der Waals surface area contributed by atoms with E-state index >= 15 is 0 Å². The molecule has 144 valence electrons. The summed E-state index contributed by atoms with van der Waals surface area (Å²) in [5, 5.41) is 0.939. The Hall–Kier alpha value is -3.45. The van der Waals surface area contributed by atoms with Crippen LogP contribution in [0.1, 0.15) is 42.2 Å². The van der Waals surface area contributed by atoms with Crippen molar-refractivity contribution in [3.05, 3.63) is 88.6 Å². The number of carbonyl (C=O) groups is 3. The van der Waals surface area contributed by atoms with Gasteiger partial charge in [-0.2, -0.15) is 0 Å². The summed E-state index contributed by atoms with van der Waals surface area (Å²) < 4.78 is 0. The van der Waals surface area contributed by atoms with Crippen LogP contribution in [-0.4, -0.2) is 27.8 Å². The molecule has 1 aliphatic rings. The van der Waals surface area contributed by atoms with Crippen LogP contribution >= 0.6 is 11.8 Å².